The zero-order valence-corrected chi connectivity index (χ0v) is 15.9. The lowest BCUT2D eigenvalue weighted by Gasteiger charge is -2.38. The number of ether oxygens (including phenoxy) is 2. The van der Waals surface area contributed by atoms with Gasteiger partial charge in [0.2, 0.25) is 0 Å². The third-order valence-corrected chi connectivity index (χ3v) is 4.91. The van der Waals surface area contributed by atoms with E-state index >= 15 is 0 Å². The molecule has 0 aliphatic carbocycles. The van der Waals surface area contributed by atoms with Gasteiger partial charge in [-0.1, -0.05) is 11.2 Å². The minimum Gasteiger partial charge on any atom is -0.492 e. The van der Waals surface area contributed by atoms with Crippen molar-refractivity contribution in [3.63, 3.8) is 0 Å². The molecule has 1 aliphatic rings. The predicted molar refractivity (Wildman–Crippen MR) is 95.1 cm³/mol. The Bertz CT molecular complexity index is 855. The molecule has 2 aromatic rings. The van der Waals surface area contributed by atoms with Gasteiger partial charge in [0.25, 0.3) is 5.89 Å². The first-order valence-corrected chi connectivity index (χ1v) is 9.14. The summed E-state index contributed by atoms with van der Waals surface area (Å²) in [5.74, 6) is 0.332. The molecule has 0 unspecified atom stereocenters. The summed E-state index contributed by atoms with van der Waals surface area (Å²) in [7, 11) is 1.49. The van der Waals surface area contributed by atoms with Crippen molar-refractivity contribution in [3.8, 4) is 11.8 Å². The molecule has 0 N–H and O–H groups in total. The fourth-order valence-corrected chi connectivity index (χ4v) is 3.28. The van der Waals surface area contributed by atoms with E-state index in [0.29, 0.717) is 50.4 Å². The number of nitrogens with zero attached hydrogens (tertiary/aromatic N) is 4. The van der Waals surface area contributed by atoms with Crippen LogP contribution in [0.5, 0.6) is 5.75 Å². The minimum absolute atomic E-state index is 0.0865. The van der Waals surface area contributed by atoms with E-state index in [0.717, 1.165) is 0 Å². The Morgan fingerprint density at radius 3 is 2.72 bits per heavy atom. The third kappa shape index (κ3) is 5.46. The minimum atomic E-state index is -4.39. The van der Waals surface area contributed by atoms with Crippen LogP contribution in [0.1, 0.15) is 30.1 Å². The van der Waals surface area contributed by atoms with Crippen molar-refractivity contribution < 1.29 is 27.2 Å². The van der Waals surface area contributed by atoms with E-state index in [1.165, 1.54) is 7.11 Å². The van der Waals surface area contributed by atoms with Crippen molar-refractivity contribution in [1.82, 2.24) is 15.0 Å². The van der Waals surface area contributed by atoms with Gasteiger partial charge in [-0.3, -0.25) is 4.90 Å². The van der Waals surface area contributed by atoms with Crippen LogP contribution < -0.4 is 4.74 Å². The molecular formula is C19H21F3N4O3. The smallest absolute Gasteiger partial charge is 0.396 e. The second-order valence-corrected chi connectivity index (χ2v) is 6.84. The normalized spacial score (nSPS) is 17.1. The van der Waals surface area contributed by atoms with Crippen LogP contribution in [0.2, 0.25) is 0 Å². The van der Waals surface area contributed by atoms with Gasteiger partial charge < -0.3 is 14.0 Å². The summed E-state index contributed by atoms with van der Waals surface area (Å²) in [6.07, 6.45) is -4.59. The number of halogens is 3. The highest BCUT2D eigenvalue weighted by molar-refractivity contribution is 5.36. The number of piperidine rings is 1. The molecule has 7 nitrogen and oxygen atoms in total. The molecule has 0 radical (unpaired) electrons. The van der Waals surface area contributed by atoms with Crippen molar-refractivity contribution in [2.45, 2.75) is 31.0 Å². The fraction of sp³-hybridized carbons (Fsp3) is 0.526. The number of hydrogen-bond acceptors (Lipinski definition) is 7. The fourth-order valence-electron chi connectivity index (χ4n) is 3.28. The Balaban J connectivity index is 1.52. The van der Waals surface area contributed by atoms with E-state index in [9.17, 15) is 13.2 Å². The van der Waals surface area contributed by atoms with Gasteiger partial charge in [0, 0.05) is 26.7 Å². The topological polar surface area (TPSA) is 84.4 Å². The van der Waals surface area contributed by atoms with Gasteiger partial charge >= 0.3 is 6.18 Å². The zero-order chi connectivity index (χ0) is 20.9. The molecule has 156 valence electrons. The van der Waals surface area contributed by atoms with Crippen LogP contribution in [-0.4, -0.2) is 54.6 Å². The zero-order valence-electron chi connectivity index (χ0n) is 15.9. The summed E-state index contributed by atoms with van der Waals surface area (Å²) < 4.78 is 53.9. The number of likely N-dealkylation sites (tertiary alicyclic amines) is 1. The van der Waals surface area contributed by atoms with Gasteiger partial charge in [-0.25, -0.2) is 0 Å². The molecule has 3 rings (SSSR count). The van der Waals surface area contributed by atoms with Crippen molar-refractivity contribution in [2.24, 2.45) is 0 Å². The number of benzene rings is 1. The monoisotopic (exact) mass is 410 g/mol. The molecule has 1 aromatic heterocycles. The van der Waals surface area contributed by atoms with E-state index in [4.69, 9.17) is 19.3 Å². The average molecular weight is 410 g/mol. The van der Waals surface area contributed by atoms with Crippen molar-refractivity contribution in [3.05, 3.63) is 41.5 Å². The number of alkyl halides is 3. The van der Waals surface area contributed by atoms with E-state index < -0.39 is 18.2 Å². The second-order valence-electron chi connectivity index (χ2n) is 6.84. The Morgan fingerprint density at radius 1 is 1.31 bits per heavy atom. The SMILES string of the molecule is COC1(c2nc(CC(F)(F)F)no2)CCN(CCOc2cccc(C#N)c2)CC1. The van der Waals surface area contributed by atoms with Crippen LogP contribution in [0.4, 0.5) is 13.2 Å². The number of methoxy groups -OCH3 is 1. The second kappa shape index (κ2) is 8.80. The molecule has 1 fully saturated rings. The molecule has 1 saturated heterocycles. The summed E-state index contributed by atoms with van der Waals surface area (Å²) in [4.78, 5) is 6.08. The molecule has 0 saturated carbocycles. The molecule has 10 heteroatoms. The van der Waals surface area contributed by atoms with Crippen LogP contribution in [0.3, 0.4) is 0 Å². The Labute approximate surface area is 166 Å². The molecule has 0 amide bonds. The highest BCUT2D eigenvalue weighted by Gasteiger charge is 2.42. The van der Waals surface area contributed by atoms with Crippen LogP contribution in [0, 0.1) is 11.3 Å². The van der Waals surface area contributed by atoms with E-state index in [1.54, 1.807) is 24.3 Å². The first-order valence-electron chi connectivity index (χ1n) is 9.14. The molecule has 29 heavy (non-hydrogen) atoms. The van der Waals surface area contributed by atoms with Crippen molar-refractivity contribution >= 4 is 0 Å². The molecular weight excluding hydrogens is 389 g/mol. The van der Waals surface area contributed by atoms with Crippen LogP contribution in [-0.2, 0) is 16.8 Å². The first-order chi connectivity index (χ1) is 13.8. The lowest BCUT2D eigenvalue weighted by Crippen LogP contribution is -2.45. The molecule has 1 aliphatic heterocycles. The van der Waals surface area contributed by atoms with Crippen LogP contribution in [0.15, 0.2) is 28.8 Å². The summed E-state index contributed by atoms with van der Waals surface area (Å²) in [5.41, 5.74) is -0.343. The van der Waals surface area contributed by atoms with Gasteiger partial charge in [0.1, 0.15) is 24.4 Å². The largest absolute Gasteiger partial charge is 0.492 e. The Kier molecular flexibility index (Phi) is 6.39. The van der Waals surface area contributed by atoms with Gasteiger partial charge in [-0.05, 0) is 31.0 Å². The quantitative estimate of drug-likeness (QED) is 0.694. The molecule has 1 aromatic carbocycles. The lowest BCUT2D eigenvalue weighted by molar-refractivity contribution is -0.128. The highest BCUT2D eigenvalue weighted by atomic mass is 19.4. The summed E-state index contributed by atoms with van der Waals surface area (Å²) in [6.45, 7) is 2.41. The molecule has 0 bridgehead atoms. The maximum Gasteiger partial charge on any atom is 0.396 e. The van der Waals surface area contributed by atoms with Gasteiger partial charge in [0.15, 0.2) is 5.82 Å². The van der Waals surface area contributed by atoms with Crippen LogP contribution >= 0.6 is 0 Å². The molecule has 0 spiro atoms. The molecule has 2 heterocycles. The van der Waals surface area contributed by atoms with Gasteiger partial charge in [-0.2, -0.15) is 23.4 Å². The van der Waals surface area contributed by atoms with E-state index in [-0.39, 0.29) is 11.7 Å². The van der Waals surface area contributed by atoms with E-state index in [1.807, 2.05) is 0 Å². The Morgan fingerprint density at radius 2 is 2.07 bits per heavy atom. The number of nitriles is 1. The van der Waals surface area contributed by atoms with Gasteiger partial charge in [0.05, 0.1) is 11.6 Å². The molecule has 0 atom stereocenters. The standard InChI is InChI=1S/C19H21F3N4O3/c1-27-18(17-24-16(25-29-17)12-19(20,21)22)5-7-26(8-6-18)9-10-28-15-4-2-3-14(11-15)13-23/h2-4,11H,5-10,12H2,1H3. The Hall–Kier alpha value is -2.64. The van der Waals surface area contributed by atoms with Gasteiger partial charge in [-0.15, -0.1) is 0 Å². The lowest BCUT2D eigenvalue weighted by atomic mass is 9.91. The van der Waals surface area contributed by atoms with Crippen LogP contribution in [0.25, 0.3) is 0 Å². The number of hydrogen-bond donors (Lipinski definition) is 0. The van der Waals surface area contributed by atoms with Crippen molar-refractivity contribution in [1.29, 1.82) is 5.26 Å². The maximum atomic E-state index is 12.5. The average Bonchev–Trinajstić information content (AvgIpc) is 3.16. The predicted octanol–water partition coefficient (Wildman–Crippen LogP) is 3.06. The van der Waals surface area contributed by atoms with E-state index in [2.05, 4.69) is 21.1 Å². The number of aromatic nitrogens is 2. The summed E-state index contributed by atoms with van der Waals surface area (Å²) >= 11 is 0. The summed E-state index contributed by atoms with van der Waals surface area (Å²) in [6, 6.07) is 9.01. The number of rotatable bonds is 7. The maximum absolute atomic E-state index is 12.5. The summed E-state index contributed by atoms with van der Waals surface area (Å²) in [5, 5.41) is 12.4. The first kappa shape index (κ1) is 21.1. The highest BCUT2D eigenvalue weighted by Crippen LogP contribution is 2.35. The third-order valence-electron chi connectivity index (χ3n) is 4.91. The van der Waals surface area contributed by atoms with Crippen molar-refractivity contribution in [2.75, 3.05) is 33.4 Å².